The van der Waals surface area contributed by atoms with Crippen LogP contribution in [0.2, 0.25) is 5.02 Å². The van der Waals surface area contributed by atoms with Crippen LogP contribution in [-0.4, -0.2) is 12.1 Å². The maximum atomic E-state index is 8.82. The molecule has 3 nitrogen and oxygen atoms in total. The van der Waals surface area contributed by atoms with E-state index in [-0.39, 0.29) is 6.04 Å². The van der Waals surface area contributed by atoms with Gasteiger partial charge in [0, 0.05) is 0 Å². The molecule has 1 aliphatic heterocycles. The summed E-state index contributed by atoms with van der Waals surface area (Å²) in [5, 5.41) is 12.5. The SMILES string of the molecule is CC1Nc2cccc(Cl)c2OC1C#N. The standard InChI is InChI=1S/C10H9ClN2O/c1-6-9(5-12)14-10-7(11)3-2-4-8(10)13-6/h2-4,6,9,13H,1H3. The molecule has 1 aromatic rings. The highest BCUT2D eigenvalue weighted by Gasteiger charge is 2.26. The summed E-state index contributed by atoms with van der Waals surface area (Å²) in [6, 6.07) is 7.52. The summed E-state index contributed by atoms with van der Waals surface area (Å²) in [7, 11) is 0. The zero-order valence-corrected chi connectivity index (χ0v) is 8.38. The topological polar surface area (TPSA) is 45.0 Å². The van der Waals surface area contributed by atoms with Gasteiger partial charge in [0.05, 0.1) is 16.8 Å². The van der Waals surface area contributed by atoms with Gasteiger partial charge in [-0.25, -0.2) is 0 Å². The number of halogens is 1. The van der Waals surface area contributed by atoms with Crippen molar-refractivity contribution >= 4 is 17.3 Å². The largest absolute Gasteiger partial charge is 0.470 e. The van der Waals surface area contributed by atoms with Gasteiger partial charge in [0.2, 0.25) is 6.10 Å². The summed E-state index contributed by atoms with van der Waals surface area (Å²) in [5.74, 6) is 0.568. The van der Waals surface area contributed by atoms with Crippen molar-refractivity contribution < 1.29 is 4.74 Å². The molecule has 1 aliphatic rings. The fraction of sp³-hybridized carbons (Fsp3) is 0.300. The molecule has 0 amide bonds. The van der Waals surface area contributed by atoms with Crippen molar-refractivity contribution in [2.45, 2.75) is 19.1 Å². The zero-order valence-electron chi connectivity index (χ0n) is 7.62. The second-order valence-corrected chi connectivity index (χ2v) is 3.62. The van der Waals surface area contributed by atoms with Gasteiger partial charge in [-0.15, -0.1) is 0 Å². The van der Waals surface area contributed by atoms with Crippen LogP contribution in [0.25, 0.3) is 0 Å². The van der Waals surface area contributed by atoms with Crippen LogP contribution >= 0.6 is 11.6 Å². The normalized spacial score (nSPS) is 24.1. The zero-order chi connectivity index (χ0) is 10.1. The molecule has 0 fully saturated rings. The molecule has 1 aromatic carbocycles. The number of para-hydroxylation sites is 1. The Kier molecular flexibility index (Phi) is 2.22. The van der Waals surface area contributed by atoms with Crippen molar-refractivity contribution in [1.82, 2.24) is 0 Å². The number of rotatable bonds is 0. The number of ether oxygens (including phenoxy) is 1. The third-order valence-corrected chi connectivity index (χ3v) is 2.47. The molecule has 4 heteroatoms. The van der Waals surface area contributed by atoms with Crippen molar-refractivity contribution in [2.24, 2.45) is 0 Å². The maximum absolute atomic E-state index is 8.82. The van der Waals surface area contributed by atoms with E-state index in [0.29, 0.717) is 10.8 Å². The van der Waals surface area contributed by atoms with E-state index in [4.69, 9.17) is 21.6 Å². The Morgan fingerprint density at radius 2 is 2.36 bits per heavy atom. The smallest absolute Gasteiger partial charge is 0.204 e. The Morgan fingerprint density at radius 1 is 1.57 bits per heavy atom. The van der Waals surface area contributed by atoms with Crippen molar-refractivity contribution in [3.05, 3.63) is 23.2 Å². The Hall–Kier alpha value is -1.40. The van der Waals surface area contributed by atoms with Gasteiger partial charge < -0.3 is 10.1 Å². The first-order chi connectivity index (χ1) is 6.72. The minimum absolute atomic E-state index is 0.0223. The molecule has 2 atom stereocenters. The third-order valence-electron chi connectivity index (χ3n) is 2.18. The molecule has 0 aromatic heterocycles. The van der Waals surface area contributed by atoms with Gasteiger partial charge >= 0.3 is 0 Å². The van der Waals surface area contributed by atoms with E-state index < -0.39 is 6.10 Å². The van der Waals surface area contributed by atoms with E-state index in [2.05, 4.69) is 11.4 Å². The monoisotopic (exact) mass is 208 g/mol. The quantitative estimate of drug-likeness (QED) is 0.712. The van der Waals surface area contributed by atoms with Crippen LogP contribution in [0.15, 0.2) is 18.2 Å². The number of anilines is 1. The number of hydrogen-bond acceptors (Lipinski definition) is 3. The number of nitrogens with one attached hydrogen (secondary N) is 1. The fourth-order valence-corrected chi connectivity index (χ4v) is 1.65. The fourth-order valence-electron chi connectivity index (χ4n) is 1.43. The highest BCUT2D eigenvalue weighted by Crippen LogP contribution is 2.37. The van der Waals surface area contributed by atoms with E-state index in [1.54, 1.807) is 6.07 Å². The summed E-state index contributed by atoms with van der Waals surface area (Å²) in [4.78, 5) is 0. The van der Waals surface area contributed by atoms with Gasteiger partial charge in [0.15, 0.2) is 5.75 Å². The van der Waals surface area contributed by atoms with Gasteiger partial charge in [-0.05, 0) is 19.1 Å². The minimum Gasteiger partial charge on any atom is -0.470 e. The summed E-state index contributed by atoms with van der Waals surface area (Å²) < 4.78 is 5.47. The lowest BCUT2D eigenvalue weighted by Gasteiger charge is -2.29. The second-order valence-electron chi connectivity index (χ2n) is 3.22. The molecule has 14 heavy (non-hydrogen) atoms. The van der Waals surface area contributed by atoms with Crippen LogP contribution in [0, 0.1) is 11.3 Å². The van der Waals surface area contributed by atoms with Crippen LogP contribution in [0.1, 0.15) is 6.92 Å². The van der Waals surface area contributed by atoms with Crippen LogP contribution < -0.4 is 10.1 Å². The van der Waals surface area contributed by atoms with E-state index in [9.17, 15) is 0 Å². The summed E-state index contributed by atoms with van der Waals surface area (Å²) in [6.45, 7) is 1.90. The third kappa shape index (κ3) is 1.38. The minimum atomic E-state index is -0.484. The molecule has 0 radical (unpaired) electrons. The van der Waals surface area contributed by atoms with E-state index in [1.165, 1.54) is 0 Å². The summed E-state index contributed by atoms with van der Waals surface area (Å²) >= 11 is 5.94. The average Bonchev–Trinajstić information content (AvgIpc) is 2.17. The number of hydrogen-bond donors (Lipinski definition) is 1. The number of benzene rings is 1. The molecule has 1 N–H and O–H groups in total. The first-order valence-corrected chi connectivity index (χ1v) is 4.71. The lowest BCUT2D eigenvalue weighted by atomic mass is 10.1. The molecule has 2 unspecified atom stereocenters. The highest BCUT2D eigenvalue weighted by atomic mass is 35.5. The second kappa shape index (κ2) is 3.39. The van der Waals surface area contributed by atoms with Gasteiger partial charge in [-0.2, -0.15) is 5.26 Å². The maximum Gasteiger partial charge on any atom is 0.204 e. The molecule has 1 heterocycles. The molecule has 0 bridgehead atoms. The van der Waals surface area contributed by atoms with E-state index in [0.717, 1.165) is 5.69 Å². The Balaban J connectivity index is 2.42. The molecule has 0 aliphatic carbocycles. The predicted octanol–water partition coefficient (Wildman–Crippen LogP) is 2.42. The van der Waals surface area contributed by atoms with Crippen LogP contribution in [0.3, 0.4) is 0 Å². The molecule has 0 spiro atoms. The van der Waals surface area contributed by atoms with Gasteiger partial charge in [0.25, 0.3) is 0 Å². The molecule has 0 saturated carbocycles. The van der Waals surface area contributed by atoms with Crippen molar-refractivity contribution in [1.29, 1.82) is 5.26 Å². The first kappa shape index (κ1) is 9.17. The van der Waals surface area contributed by atoms with Crippen LogP contribution in [-0.2, 0) is 0 Å². The molecular weight excluding hydrogens is 200 g/mol. The van der Waals surface area contributed by atoms with Gasteiger partial charge in [-0.3, -0.25) is 0 Å². The van der Waals surface area contributed by atoms with E-state index >= 15 is 0 Å². The molecule has 0 saturated heterocycles. The van der Waals surface area contributed by atoms with Gasteiger partial charge in [-0.1, -0.05) is 17.7 Å². The van der Waals surface area contributed by atoms with Crippen LogP contribution in [0.5, 0.6) is 5.75 Å². The number of nitriles is 1. The van der Waals surface area contributed by atoms with Gasteiger partial charge in [0.1, 0.15) is 6.07 Å². The summed E-state index contributed by atoms with van der Waals surface area (Å²) in [6.07, 6.45) is -0.484. The lowest BCUT2D eigenvalue weighted by Crippen LogP contribution is -2.38. The van der Waals surface area contributed by atoms with E-state index in [1.807, 2.05) is 19.1 Å². The first-order valence-electron chi connectivity index (χ1n) is 4.33. The lowest BCUT2D eigenvalue weighted by molar-refractivity contribution is 0.227. The Morgan fingerprint density at radius 3 is 3.07 bits per heavy atom. The van der Waals surface area contributed by atoms with Crippen molar-refractivity contribution in [3.63, 3.8) is 0 Å². The van der Waals surface area contributed by atoms with Crippen LogP contribution in [0.4, 0.5) is 5.69 Å². The average molecular weight is 209 g/mol. The summed E-state index contributed by atoms with van der Waals surface area (Å²) in [5.41, 5.74) is 0.844. The highest BCUT2D eigenvalue weighted by molar-refractivity contribution is 6.32. The van der Waals surface area contributed by atoms with Crippen molar-refractivity contribution in [3.8, 4) is 11.8 Å². The molecule has 72 valence electrons. The Labute approximate surface area is 87.2 Å². The predicted molar refractivity (Wildman–Crippen MR) is 54.6 cm³/mol. The number of nitrogens with zero attached hydrogens (tertiary/aromatic N) is 1. The number of fused-ring (bicyclic) bond motifs is 1. The molecular formula is C10H9ClN2O. The van der Waals surface area contributed by atoms with Crippen molar-refractivity contribution in [2.75, 3.05) is 5.32 Å². The Bertz CT molecular complexity index is 400. The molecule has 2 rings (SSSR count).